The third kappa shape index (κ3) is 3.68. The first kappa shape index (κ1) is 18.4. The number of nitrogens with one attached hydrogen (secondary N) is 1. The van der Waals surface area contributed by atoms with Crippen LogP contribution in [0.25, 0.3) is 11.3 Å². The van der Waals surface area contributed by atoms with E-state index in [1.807, 2.05) is 6.26 Å². The van der Waals surface area contributed by atoms with E-state index in [0.29, 0.717) is 40.6 Å². The van der Waals surface area contributed by atoms with Gasteiger partial charge >= 0.3 is 0 Å². The zero-order chi connectivity index (χ0) is 19.5. The van der Waals surface area contributed by atoms with Crippen LogP contribution >= 0.6 is 11.8 Å². The third-order valence-electron chi connectivity index (χ3n) is 4.40. The highest BCUT2D eigenvalue weighted by atomic mass is 32.2. The van der Waals surface area contributed by atoms with Gasteiger partial charge < -0.3 is 10.1 Å². The lowest BCUT2D eigenvalue weighted by atomic mass is 10.0. The highest BCUT2D eigenvalue weighted by Crippen LogP contribution is 2.38. The molecule has 1 amide bonds. The third-order valence-corrected chi connectivity index (χ3v) is 5.11. The molecule has 0 bridgehead atoms. The van der Waals surface area contributed by atoms with E-state index in [-0.39, 0.29) is 17.8 Å². The van der Waals surface area contributed by atoms with E-state index < -0.39 is 0 Å². The van der Waals surface area contributed by atoms with Crippen LogP contribution in [0.1, 0.15) is 15.9 Å². The van der Waals surface area contributed by atoms with Crippen LogP contribution in [0.3, 0.4) is 0 Å². The smallest absolute Gasteiger partial charge is 0.254 e. The highest BCUT2D eigenvalue weighted by molar-refractivity contribution is 7.98. The molecule has 1 N–H and O–H groups in total. The van der Waals surface area contributed by atoms with Crippen molar-refractivity contribution in [3.8, 4) is 17.0 Å². The Labute approximate surface area is 165 Å². The Kier molecular flexibility index (Phi) is 5.21. The minimum Gasteiger partial charge on any atom is -0.487 e. The minimum absolute atomic E-state index is 0.211. The number of fused-ring (bicyclic) bond motifs is 1. The standard InChI is InChI=1S/C20H17FN4O2S/c1-28-20-15(3-2-4-24-20)19(26)25-10-14-8-12-7-13(21)9-16(18(12)27-14)17-11-22-5-6-23-17/h2-7,9,11,14H,8,10H2,1H3,(H,25,26). The molecular weight excluding hydrogens is 379 g/mol. The average molecular weight is 396 g/mol. The topological polar surface area (TPSA) is 77.0 Å². The number of pyridine rings is 1. The molecule has 0 saturated heterocycles. The molecule has 1 atom stereocenters. The highest BCUT2D eigenvalue weighted by Gasteiger charge is 2.28. The number of nitrogens with zero attached hydrogens (tertiary/aromatic N) is 3. The Morgan fingerprint density at radius 3 is 3.00 bits per heavy atom. The predicted octanol–water partition coefficient (Wildman–Crippen LogP) is 3.13. The number of ether oxygens (including phenoxy) is 1. The van der Waals surface area contributed by atoms with E-state index in [4.69, 9.17) is 4.74 Å². The summed E-state index contributed by atoms with van der Waals surface area (Å²) < 4.78 is 20.1. The molecule has 1 aliphatic rings. The second-order valence-corrected chi connectivity index (χ2v) is 7.04. The van der Waals surface area contributed by atoms with Crippen molar-refractivity contribution in [2.75, 3.05) is 12.8 Å². The molecular formula is C20H17FN4O2S. The molecule has 6 nitrogen and oxygen atoms in total. The van der Waals surface area contributed by atoms with E-state index in [9.17, 15) is 9.18 Å². The number of carbonyl (C=O) groups is 1. The molecule has 3 heterocycles. The Morgan fingerprint density at radius 1 is 1.32 bits per heavy atom. The molecule has 1 aliphatic heterocycles. The normalized spacial score (nSPS) is 15.0. The van der Waals surface area contributed by atoms with Crippen molar-refractivity contribution in [2.45, 2.75) is 17.6 Å². The molecule has 0 radical (unpaired) electrons. The molecule has 2 aromatic heterocycles. The first-order chi connectivity index (χ1) is 13.7. The van der Waals surface area contributed by atoms with E-state index in [1.54, 1.807) is 36.9 Å². The Morgan fingerprint density at radius 2 is 2.21 bits per heavy atom. The summed E-state index contributed by atoms with van der Waals surface area (Å²) in [6, 6.07) is 6.32. The maximum absolute atomic E-state index is 14.1. The van der Waals surface area contributed by atoms with Crippen molar-refractivity contribution in [1.82, 2.24) is 20.3 Å². The van der Waals surface area contributed by atoms with Gasteiger partial charge in [-0.25, -0.2) is 9.37 Å². The van der Waals surface area contributed by atoms with Crippen molar-refractivity contribution in [2.24, 2.45) is 0 Å². The van der Waals surface area contributed by atoms with Crippen LogP contribution in [0.4, 0.5) is 4.39 Å². The summed E-state index contributed by atoms with van der Waals surface area (Å²) >= 11 is 1.42. The number of halogens is 1. The molecule has 28 heavy (non-hydrogen) atoms. The molecule has 4 rings (SSSR count). The molecule has 0 spiro atoms. The summed E-state index contributed by atoms with van der Waals surface area (Å²) in [7, 11) is 0. The van der Waals surface area contributed by atoms with Gasteiger partial charge in [0.1, 0.15) is 22.7 Å². The Hall–Kier alpha value is -3.00. The van der Waals surface area contributed by atoms with Gasteiger partial charge in [0.15, 0.2) is 0 Å². The molecule has 8 heteroatoms. The van der Waals surface area contributed by atoms with E-state index in [2.05, 4.69) is 20.3 Å². The largest absolute Gasteiger partial charge is 0.487 e. The SMILES string of the molecule is CSc1ncccc1C(=O)NCC1Cc2cc(F)cc(-c3cnccn3)c2O1. The molecule has 0 aliphatic carbocycles. The van der Waals surface area contributed by atoms with E-state index in [0.717, 1.165) is 5.56 Å². The molecule has 0 saturated carbocycles. The van der Waals surface area contributed by atoms with Crippen LogP contribution in [0.5, 0.6) is 5.75 Å². The molecule has 3 aromatic rings. The number of thioether (sulfide) groups is 1. The Balaban J connectivity index is 1.49. The van der Waals surface area contributed by atoms with Gasteiger partial charge in [-0.2, -0.15) is 0 Å². The quantitative estimate of drug-likeness (QED) is 0.668. The number of aromatic nitrogens is 3. The zero-order valence-electron chi connectivity index (χ0n) is 15.1. The van der Waals surface area contributed by atoms with Crippen LogP contribution in [0.15, 0.2) is 54.1 Å². The molecule has 0 fully saturated rings. The summed E-state index contributed by atoms with van der Waals surface area (Å²) in [6.45, 7) is 0.303. The van der Waals surface area contributed by atoms with Gasteiger partial charge in [-0.3, -0.25) is 14.8 Å². The first-order valence-electron chi connectivity index (χ1n) is 8.68. The van der Waals surface area contributed by atoms with Gasteiger partial charge in [0.25, 0.3) is 5.91 Å². The number of benzene rings is 1. The van der Waals surface area contributed by atoms with Crippen LogP contribution in [0.2, 0.25) is 0 Å². The monoisotopic (exact) mass is 396 g/mol. The number of amides is 1. The fourth-order valence-electron chi connectivity index (χ4n) is 3.16. The summed E-state index contributed by atoms with van der Waals surface area (Å²) in [5, 5.41) is 3.55. The zero-order valence-corrected chi connectivity index (χ0v) is 15.9. The van der Waals surface area contributed by atoms with Gasteiger partial charge in [0.2, 0.25) is 0 Å². The fourth-order valence-corrected chi connectivity index (χ4v) is 3.71. The predicted molar refractivity (Wildman–Crippen MR) is 104 cm³/mol. The maximum Gasteiger partial charge on any atom is 0.254 e. The molecule has 1 unspecified atom stereocenters. The molecule has 1 aromatic carbocycles. The van der Waals surface area contributed by atoms with Crippen molar-refractivity contribution < 1.29 is 13.9 Å². The number of rotatable bonds is 5. The lowest BCUT2D eigenvalue weighted by Gasteiger charge is -2.14. The second-order valence-electron chi connectivity index (χ2n) is 6.25. The Bertz CT molecular complexity index is 1020. The number of hydrogen-bond donors (Lipinski definition) is 1. The van der Waals surface area contributed by atoms with Crippen LogP contribution in [0, 0.1) is 5.82 Å². The van der Waals surface area contributed by atoms with Gasteiger partial charge in [0.05, 0.1) is 24.0 Å². The van der Waals surface area contributed by atoms with Crippen LogP contribution < -0.4 is 10.1 Å². The van der Waals surface area contributed by atoms with Crippen molar-refractivity contribution in [3.05, 3.63) is 66.0 Å². The molecule has 142 valence electrons. The second kappa shape index (κ2) is 7.93. The average Bonchev–Trinajstić information content (AvgIpc) is 3.14. The van der Waals surface area contributed by atoms with Gasteiger partial charge in [-0.15, -0.1) is 11.8 Å². The van der Waals surface area contributed by atoms with Crippen molar-refractivity contribution in [3.63, 3.8) is 0 Å². The van der Waals surface area contributed by atoms with Crippen molar-refractivity contribution in [1.29, 1.82) is 0 Å². The van der Waals surface area contributed by atoms with Crippen molar-refractivity contribution >= 4 is 17.7 Å². The fraction of sp³-hybridized carbons (Fsp3) is 0.200. The van der Waals surface area contributed by atoms with Gasteiger partial charge in [0, 0.05) is 36.1 Å². The first-order valence-corrected chi connectivity index (χ1v) is 9.91. The lowest BCUT2D eigenvalue weighted by Crippen LogP contribution is -2.34. The van der Waals surface area contributed by atoms with E-state index in [1.165, 1.54) is 23.9 Å². The van der Waals surface area contributed by atoms with Crippen LogP contribution in [-0.2, 0) is 6.42 Å². The summed E-state index contributed by atoms with van der Waals surface area (Å²) in [5.74, 6) is 0.0253. The number of hydrogen-bond acceptors (Lipinski definition) is 6. The summed E-state index contributed by atoms with van der Waals surface area (Å²) in [5.41, 5.74) is 2.39. The maximum atomic E-state index is 14.1. The summed E-state index contributed by atoms with van der Waals surface area (Å²) in [4.78, 5) is 25.0. The lowest BCUT2D eigenvalue weighted by molar-refractivity contribution is 0.0930. The van der Waals surface area contributed by atoms with Gasteiger partial charge in [-0.05, 0) is 30.5 Å². The van der Waals surface area contributed by atoms with E-state index >= 15 is 0 Å². The van der Waals surface area contributed by atoms with Gasteiger partial charge in [-0.1, -0.05) is 0 Å². The number of carbonyl (C=O) groups excluding carboxylic acids is 1. The van der Waals surface area contributed by atoms with Crippen LogP contribution in [-0.4, -0.2) is 39.8 Å². The minimum atomic E-state index is -0.354. The summed E-state index contributed by atoms with van der Waals surface area (Å²) in [6.07, 6.45) is 8.43.